The van der Waals surface area contributed by atoms with Crippen molar-refractivity contribution in [2.24, 2.45) is 0 Å². The summed E-state index contributed by atoms with van der Waals surface area (Å²) in [6, 6.07) is 0. The van der Waals surface area contributed by atoms with Gasteiger partial charge in [-0.3, -0.25) is 10.1 Å². The maximum Gasteiger partial charge on any atom is 0.305 e. The second kappa shape index (κ2) is 4.25. The molecule has 17 heavy (non-hydrogen) atoms. The molecule has 2 heterocycles. The first-order valence-electron chi connectivity index (χ1n) is 5.48. The van der Waals surface area contributed by atoms with E-state index in [1.807, 2.05) is 6.92 Å². The first kappa shape index (κ1) is 11.7. The van der Waals surface area contributed by atoms with Crippen LogP contribution in [-0.4, -0.2) is 38.7 Å². The zero-order valence-corrected chi connectivity index (χ0v) is 9.54. The van der Waals surface area contributed by atoms with Gasteiger partial charge in [-0.15, -0.1) is 0 Å². The van der Waals surface area contributed by atoms with Gasteiger partial charge in [0.15, 0.2) is 0 Å². The second-order valence-corrected chi connectivity index (χ2v) is 4.33. The van der Waals surface area contributed by atoms with Gasteiger partial charge in [0, 0.05) is 0 Å². The number of aromatic nitrogens is 2. The Labute approximate surface area is 98.3 Å². The highest BCUT2D eigenvalue weighted by molar-refractivity contribution is 5.39. The van der Waals surface area contributed by atoms with Gasteiger partial charge >= 0.3 is 5.69 Å². The van der Waals surface area contributed by atoms with Crippen molar-refractivity contribution < 1.29 is 10.0 Å². The fourth-order valence-electron chi connectivity index (χ4n) is 2.00. The van der Waals surface area contributed by atoms with E-state index in [2.05, 4.69) is 9.97 Å². The Morgan fingerprint density at radius 2 is 2.12 bits per heavy atom. The maximum atomic E-state index is 10.4. The van der Waals surface area contributed by atoms with Crippen LogP contribution in [-0.2, 0) is 0 Å². The molecule has 0 atom stereocenters. The van der Waals surface area contributed by atoms with Crippen molar-refractivity contribution in [3.05, 3.63) is 22.5 Å². The van der Waals surface area contributed by atoms with E-state index in [4.69, 9.17) is 0 Å². The van der Waals surface area contributed by atoms with E-state index >= 15 is 0 Å². The van der Waals surface area contributed by atoms with Crippen LogP contribution >= 0.6 is 0 Å². The van der Waals surface area contributed by atoms with Crippen molar-refractivity contribution in [1.82, 2.24) is 9.97 Å². The van der Waals surface area contributed by atoms with Crippen LogP contribution in [0.4, 0.5) is 11.6 Å². The molecule has 1 saturated heterocycles. The lowest BCUT2D eigenvalue weighted by atomic mass is 9.90. The van der Waals surface area contributed by atoms with Crippen LogP contribution in [0.5, 0.6) is 0 Å². The van der Waals surface area contributed by atoms with Crippen molar-refractivity contribution >= 4 is 11.6 Å². The molecule has 1 aliphatic heterocycles. The van der Waals surface area contributed by atoms with Gasteiger partial charge in [-0.2, -0.15) is 0 Å². The number of aliphatic hydroxyl groups is 1. The number of nitro groups is 1. The molecule has 1 aliphatic rings. The molecule has 0 bridgehead atoms. The Balaban J connectivity index is 1.99. The molecule has 0 aliphatic carbocycles. The van der Waals surface area contributed by atoms with Gasteiger partial charge in [-0.05, 0) is 6.42 Å². The Kier molecular flexibility index (Phi) is 2.93. The number of rotatable bonds is 4. The summed E-state index contributed by atoms with van der Waals surface area (Å²) in [6.07, 6.45) is 4.03. The molecule has 1 fully saturated rings. The van der Waals surface area contributed by atoms with E-state index in [-0.39, 0.29) is 5.69 Å². The lowest BCUT2D eigenvalue weighted by Gasteiger charge is -2.46. The van der Waals surface area contributed by atoms with Crippen LogP contribution < -0.4 is 4.90 Å². The fourth-order valence-corrected chi connectivity index (χ4v) is 2.00. The van der Waals surface area contributed by atoms with E-state index in [0.29, 0.717) is 19.0 Å². The normalized spacial score (nSPS) is 17.6. The number of hydrogen-bond donors (Lipinski definition) is 1. The quantitative estimate of drug-likeness (QED) is 0.614. The van der Waals surface area contributed by atoms with Gasteiger partial charge in [0.25, 0.3) is 0 Å². The van der Waals surface area contributed by atoms with E-state index in [1.165, 1.54) is 12.4 Å². The largest absolute Gasteiger partial charge is 0.386 e. The summed E-state index contributed by atoms with van der Waals surface area (Å²) in [4.78, 5) is 19.5. The van der Waals surface area contributed by atoms with E-state index in [0.717, 1.165) is 12.8 Å². The third-order valence-electron chi connectivity index (χ3n) is 2.80. The van der Waals surface area contributed by atoms with Crippen molar-refractivity contribution in [3.8, 4) is 0 Å². The van der Waals surface area contributed by atoms with Crippen LogP contribution in [0.15, 0.2) is 12.4 Å². The Morgan fingerprint density at radius 3 is 2.59 bits per heavy atom. The Hall–Kier alpha value is -1.76. The third kappa shape index (κ3) is 2.33. The first-order valence-corrected chi connectivity index (χ1v) is 5.48. The van der Waals surface area contributed by atoms with Crippen LogP contribution in [0.3, 0.4) is 0 Å². The molecule has 92 valence electrons. The van der Waals surface area contributed by atoms with E-state index < -0.39 is 10.5 Å². The van der Waals surface area contributed by atoms with Gasteiger partial charge in [0.05, 0.1) is 23.6 Å². The Morgan fingerprint density at radius 1 is 1.53 bits per heavy atom. The predicted molar refractivity (Wildman–Crippen MR) is 60.8 cm³/mol. The molecule has 7 heteroatoms. The summed E-state index contributed by atoms with van der Waals surface area (Å²) in [5.74, 6) is 0.427. The fraction of sp³-hybridized carbons (Fsp3) is 0.600. The lowest BCUT2D eigenvalue weighted by Crippen LogP contribution is -2.62. The number of β-amino-alcohol motifs (C(OH)–C–C–N with tert-alkyl or cyclic N) is 1. The summed E-state index contributed by atoms with van der Waals surface area (Å²) in [7, 11) is 0. The highest BCUT2D eigenvalue weighted by atomic mass is 16.6. The van der Waals surface area contributed by atoms with Gasteiger partial charge in [-0.25, -0.2) is 9.97 Å². The summed E-state index contributed by atoms with van der Waals surface area (Å²) >= 11 is 0. The van der Waals surface area contributed by atoms with E-state index in [9.17, 15) is 15.2 Å². The third-order valence-corrected chi connectivity index (χ3v) is 2.80. The topological polar surface area (TPSA) is 92.4 Å². The van der Waals surface area contributed by atoms with Crippen molar-refractivity contribution in [1.29, 1.82) is 0 Å². The molecule has 7 nitrogen and oxygen atoms in total. The molecule has 0 radical (unpaired) electrons. The number of nitrogens with zero attached hydrogens (tertiary/aromatic N) is 4. The molecular weight excluding hydrogens is 224 g/mol. The van der Waals surface area contributed by atoms with Crippen molar-refractivity contribution in [2.75, 3.05) is 18.0 Å². The van der Waals surface area contributed by atoms with Crippen LogP contribution in [0.25, 0.3) is 0 Å². The molecule has 0 saturated carbocycles. The summed E-state index contributed by atoms with van der Waals surface area (Å²) in [6.45, 7) is 2.99. The lowest BCUT2D eigenvalue weighted by molar-refractivity contribution is -0.385. The molecular formula is C10H14N4O3. The molecule has 0 aromatic carbocycles. The van der Waals surface area contributed by atoms with Gasteiger partial charge < -0.3 is 10.0 Å². The van der Waals surface area contributed by atoms with Crippen LogP contribution in [0.2, 0.25) is 0 Å². The summed E-state index contributed by atoms with van der Waals surface area (Å²) < 4.78 is 0. The number of hydrogen-bond acceptors (Lipinski definition) is 6. The second-order valence-electron chi connectivity index (χ2n) is 4.33. The van der Waals surface area contributed by atoms with Gasteiger partial charge in [-0.1, -0.05) is 13.3 Å². The minimum Gasteiger partial charge on any atom is -0.386 e. The number of anilines is 1. The minimum atomic E-state index is -0.653. The molecule has 1 aromatic heterocycles. The molecule has 2 rings (SSSR count). The van der Waals surface area contributed by atoms with Crippen LogP contribution in [0.1, 0.15) is 19.8 Å². The Bertz CT molecular complexity index is 414. The SMILES string of the molecule is CCCC1(O)CN(c2ncc([N+](=O)[O-])cn2)C1. The molecule has 1 aromatic rings. The average Bonchev–Trinajstić information content (AvgIpc) is 2.26. The first-order chi connectivity index (χ1) is 8.04. The zero-order valence-electron chi connectivity index (χ0n) is 9.54. The van der Waals surface area contributed by atoms with E-state index in [1.54, 1.807) is 4.90 Å². The molecule has 0 amide bonds. The summed E-state index contributed by atoms with van der Waals surface area (Å²) in [5, 5.41) is 20.4. The zero-order chi connectivity index (χ0) is 12.5. The monoisotopic (exact) mass is 238 g/mol. The molecule has 1 N–H and O–H groups in total. The molecule has 0 unspecified atom stereocenters. The van der Waals surface area contributed by atoms with Gasteiger partial charge in [0.1, 0.15) is 12.4 Å². The summed E-state index contributed by atoms with van der Waals surface area (Å²) in [5.41, 5.74) is -0.780. The standard InChI is InChI=1S/C10H14N4O3/c1-2-3-10(15)6-13(7-10)9-11-4-8(5-12-9)14(16)17/h4-5,15H,2-3,6-7H2,1H3. The predicted octanol–water partition coefficient (Wildman–Crippen LogP) is 0.736. The van der Waals surface area contributed by atoms with Crippen LogP contribution in [0, 0.1) is 10.1 Å². The minimum absolute atomic E-state index is 0.127. The average molecular weight is 238 g/mol. The smallest absolute Gasteiger partial charge is 0.305 e. The van der Waals surface area contributed by atoms with Gasteiger partial charge in [0.2, 0.25) is 5.95 Å². The molecule has 0 spiro atoms. The highest BCUT2D eigenvalue weighted by Gasteiger charge is 2.41. The van der Waals surface area contributed by atoms with Crippen molar-refractivity contribution in [2.45, 2.75) is 25.4 Å². The highest BCUT2D eigenvalue weighted by Crippen LogP contribution is 2.28. The maximum absolute atomic E-state index is 10.4. The van der Waals surface area contributed by atoms with Crippen molar-refractivity contribution in [3.63, 3.8) is 0 Å².